The van der Waals surface area contributed by atoms with Crippen molar-refractivity contribution >= 4 is 0 Å². The van der Waals surface area contributed by atoms with Crippen LogP contribution in [0, 0.1) is 0 Å². The number of unbranched alkanes of at least 4 members (excludes halogenated alkanes) is 4. The van der Waals surface area contributed by atoms with Crippen molar-refractivity contribution in [1.82, 2.24) is 0 Å². The van der Waals surface area contributed by atoms with E-state index in [1.54, 1.807) is 0 Å². The first-order valence-electron chi connectivity index (χ1n) is 4.77. The van der Waals surface area contributed by atoms with Crippen molar-refractivity contribution in [3.63, 3.8) is 0 Å². The van der Waals surface area contributed by atoms with Gasteiger partial charge in [0.15, 0.2) is 0 Å². The molecular weight excluding hydrogens is 136 g/mol. The Hall–Kier alpha value is -0.0800. The number of hydrogen-bond donors (Lipinski definition) is 2. The Morgan fingerprint density at radius 1 is 1.09 bits per heavy atom. The van der Waals surface area contributed by atoms with Crippen molar-refractivity contribution in [2.75, 3.05) is 6.54 Å². The monoisotopic (exact) mass is 158 g/mol. The van der Waals surface area contributed by atoms with E-state index in [1.807, 2.05) is 0 Å². The first-order chi connectivity index (χ1) is 5.31. The summed E-state index contributed by atoms with van der Waals surface area (Å²) < 4.78 is 0. The van der Waals surface area contributed by atoms with Gasteiger partial charge in [0, 0.05) is 12.6 Å². The van der Waals surface area contributed by atoms with Crippen LogP contribution >= 0.6 is 0 Å². The molecule has 0 aromatic heterocycles. The third-order valence-corrected chi connectivity index (χ3v) is 1.98. The fraction of sp³-hybridized carbons (Fsp3) is 1.00. The highest BCUT2D eigenvalue weighted by Gasteiger charge is 1.97. The smallest absolute Gasteiger partial charge is 0.0163 e. The summed E-state index contributed by atoms with van der Waals surface area (Å²) >= 11 is 0. The molecule has 0 saturated carbocycles. The minimum absolute atomic E-state index is 0.233. The molecule has 0 heterocycles. The topological polar surface area (TPSA) is 52.0 Å². The lowest BCUT2D eigenvalue weighted by molar-refractivity contribution is 0.545. The third-order valence-electron chi connectivity index (χ3n) is 1.98. The van der Waals surface area contributed by atoms with Crippen molar-refractivity contribution < 1.29 is 0 Å². The van der Waals surface area contributed by atoms with Gasteiger partial charge in [-0.05, 0) is 6.42 Å². The van der Waals surface area contributed by atoms with Gasteiger partial charge >= 0.3 is 0 Å². The van der Waals surface area contributed by atoms with Gasteiger partial charge in [0.25, 0.3) is 0 Å². The average molecular weight is 158 g/mol. The van der Waals surface area contributed by atoms with E-state index in [0.29, 0.717) is 6.54 Å². The Labute approximate surface area is 70.3 Å². The second-order valence-electron chi connectivity index (χ2n) is 3.20. The molecule has 1 atom stereocenters. The zero-order valence-corrected chi connectivity index (χ0v) is 7.68. The summed E-state index contributed by atoms with van der Waals surface area (Å²) in [6, 6.07) is 0.233. The quantitative estimate of drug-likeness (QED) is 0.553. The van der Waals surface area contributed by atoms with Gasteiger partial charge in [0.2, 0.25) is 0 Å². The molecule has 0 aliphatic carbocycles. The Kier molecular flexibility index (Phi) is 7.96. The van der Waals surface area contributed by atoms with Gasteiger partial charge in [-0.1, -0.05) is 39.0 Å². The van der Waals surface area contributed by atoms with Crippen LogP contribution in [0.3, 0.4) is 0 Å². The predicted octanol–water partition coefficient (Wildman–Crippen LogP) is 1.63. The Bertz CT molecular complexity index is 74.0. The Morgan fingerprint density at radius 2 is 1.73 bits per heavy atom. The highest BCUT2D eigenvalue weighted by molar-refractivity contribution is 4.60. The maximum absolute atomic E-state index is 5.66. The van der Waals surface area contributed by atoms with E-state index in [1.165, 1.54) is 32.1 Å². The average Bonchev–Trinajstić information content (AvgIpc) is 2.04. The van der Waals surface area contributed by atoms with E-state index in [9.17, 15) is 0 Å². The van der Waals surface area contributed by atoms with Crippen molar-refractivity contribution in [3.05, 3.63) is 0 Å². The highest BCUT2D eigenvalue weighted by atomic mass is 14.7. The van der Waals surface area contributed by atoms with Crippen LogP contribution in [0.2, 0.25) is 0 Å². The number of hydrogen-bond acceptors (Lipinski definition) is 2. The molecule has 0 aromatic carbocycles. The summed E-state index contributed by atoms with van der Waals surface area (Å²) in [5.74, 6) is 0. The summed E-state index contributed by atoms with van der Waals surface area (Å²) in [5.41, 5.74) is 11.1. The largest absolute Gasteiger partial charge is 0.329 e. The maximum atomic E-state index is 5.66. The van der Waals surface area contributed by atoms with Crippen LogP contribution in [0.25, 0.3) is 0 Å². The zero-order valence-electron chi connectivity index (χ0n) is 7.68. The Morgan fingerprint density at radius 3 is 2.27 bits per heavy atom. The maximum Gasteiger partial charge on any atom is 0.0163 e. The van der Waals surface area contributed by atoms with Crippen molar-refractivity contribution in [2.45, 2.75) is 51.5 Å². The summed E-state index contributed by atoms with van der Waals surface area (Å²) in [7, 11) is 0. The van der Waals surface area contributed by atoms with E-state index in [-0.39, 0.29) is 6.04 Å². The van der Waals surface area contributed by atoms with E-state index in [0.717, 1.165) is 6.42 Å². The predicted molar refractivity (Wildman–Crippen MR) is 50.4 cm³/mol. The van der Waals surface area contributed by atoms with Gasteiger partial charge in [-0.2, -0.15) is 0 Å². The van der Waals surface area contributed by atoms with Crippen LogP contribution in [0.15, 0.2) is 0 Å². The van der Waals surface area contributed by atoms with Crippen molar-refractivity contribution in [1.29, 1.82) is 0 Å². The molecule has 0 bridgehead atoms. The molecule has 1 unspecified atom stereocenters. The summed E-state index contributed by atoms with van der Waals surface area (Å²) in [4.78, 5) is 0. The molecule has 2 heteroatoms. The standard InChI is InChI=1S/C9H22N2/c1-2-3-4-5-6-7-9(11)8-10/h9H,2-8,10-11H2,1H3. The first kappa shape index (κ1) is 10.9. The fourth-order valence-corrected chi connectivity index (χ4v) is 1.13. The van der Waals surface area contributed by atoms with Crippen LogP contribution in [0.5, 0.6) is 0 Å². The van der Waals surface area contributed by atoms with Crippen LogP contribution in [-0.4, -0.2) is 12.6 Å². The molecule has 0 rings (SSSR count). The SMILES string of the molecule is CCCCCCCC(N)CN. The van der Waals surface area contributed by atoms with Gasteiger partial charge in [0.05, 0.1) is 0 Å². The third kappa shape index (κ3) is 7.82. The Balaban J connectivity index is 2.89. The highest BCUT2D eigenvalue weighted by Crippen LogP contribution is 2.05. The lowest BCUT2D eigenvalue weighted by atomic mass is 10.1. The molecular formula is C9H22N2. The minimum Gasteiger partial charge on any atom is -0.329 e. The van der Waals surface area contributed by atoms with Gasteiger partial charge in [-0.25, -0.2) is 0 Å². The molecule has 0 fully saturated rings. The normalized spacial score (nSPS) is 13.4. The molecule has 0 spiro atoms. The van der Waals surface area contributed by atoms with Crippen LogP contribution in [0.4, 0.5) is 0 Å². The fourth-order valence-electron chi connectivity index (χ4n) is 1.13. The summed E-state index contributed by atoms with van der Waals surface area (Å²) in [6.45, 7) is 2.86. The van der Waals surface area contributed by atoms with Gasteiger partial charge < -0.3 is 11.5 Å². The molecule has 0 saturated heterocycles. The van der Waals surface area contributed by atoms with Crippen molar-refractivity contribution in [3.8, 4) is 0 Å². The molecule has 0 aliphatic heterocycles. The van der Waals surface area contributed by atoms with Crippen molar-refractivity contribution in [2.24, 2.45) is 11.5 Å². The first-order valence-corrected chi connectivity index (χ1v) is 4.77. The van der Waals surface area contributed by atoms with Gasteiger partial charge in [-0.3, -0.25) is 0 Å². The molecule has 4 N–H and O–H groups in total. The zero-order chi connectivity index (χ0) is 8.53. The molecule has 0 aromatic rings. The lowest BCUT2D eigenvalue weighted by Gasteiger charge is -2.06. The second-order valence-corrected chi connectivity index (χ2v) is 3.20. The second kappa shape index (κ2) is 8.02. The van der Waals surface area contributed by atoms with E-state index in [2.05, 4.69) is 6.92 Å². The van der Waals surface area contributed by atoms with Crippen LogP contribution in [-0.2, 0) is 0 Å². The summed E-state index contributed by atoms with van der Waals surface area (Å²) in [6.07, 6.45) is 7.69. The van der Waals surface area contributed by atoms with E-state index >= 15 is 0 Å². The molecule has 0 radical (unpaired) electrons. The molecule has 11 heavy (non-hydrogen) atoms. The summed E-state index contributed by atoms with van der Waals surface area (Å²) in [5, 5.41) is 0. The number of nitrogens with two attached hydrogens (primary N) is 2. The van der Waals surface area contributed by atoms with Crippen LogP contribution < -0.4 is 11.5 Å². The minimum atomic E-state index is 0.233. The lowest BCUT2D eigenvalue weighted by Crippen LogP contribution is -2.29. The van der Waals surface area contributed by atoms with E-state index in [4.69, 9.17) is 11.5 Å². The molecule has 0 amide bonds. The van der Waals surface area contributed by atoms with Crippen LogP contribution in [0.1, 0.15) is 45.4 Å². The molecule has 0 aliphatic rings. The van der Waals surface area contributed by atoms with Gasteiger partial charge in [0.1, 0.15) is 0 Å². The molecule has 2 nitrogen and oxygen atoms in total. The van der Waals surface area contributed by atoms with E-state index < -0.39 is 0 Å². The molecule has 68 valence electrons. The number of rotatable bonds is 7. The van der Waals surface area contributed by atoms with Gasteiger partial charge in [-0.15, -0.1) is 0 Å².